The molecule has 0 bridgehead atoms. The van der Waals surface area contributed by atoms with Gasteiger partial charge in [-0.2, -0.15) is 5.10 Å². The summed E-state index contributed by atoms with van der Waals surface area (Å²) < 4.78 is 5.67. The highest BCUT2D eigenvalue weighted by Gasteiger charge is 2.24. The molecule has 0 fully saturated rings. The lowest BCUT2D eigenvalue weighted by Crippen LogP contribution is -2.44. The molecule has 142 valence electrons. The minimum absolute atomic E-state index is 0.0812. The fourth-order valence-electron chi connectivity index (χ4n) is 3.12. The topological polar surface area (TPSA) is 109 Å². The maximum atomic E-state index is 12.2. The van der Waals surface area contributed by atoms with Gasteiger partial charge >= 0.3 is 11.8 Å². The van der Waals surface area contributed by atoms with Crippen molar-refractivity contribution in [2.24, 2.45) is 0 Å². The quantitative estimate of drug-likeness (QED) is 0.604. The van der Waals surface area contributed by atoms with Gasteiger partial charge in [0.1, 0.15) is 11.5 Å². The van der Waals surface area contributed by atoms with Crippen LogP contribution in [0.1, 0.15) is 17.7 Å². The van der Waals surface area contributed by atoms with Crippen LogP contribution in [0.25, 0.3) is 0 Å². The number of ether oxygens (including phenoxy) is 1. The van der Waals surface area contributed by atoms with Crippen molar-refractivity contribution in [3.05, 3.63) is 66.2 Å². The van der Waals surface area contributed by atoms with E-state index in [9.17, 15) is 9.59 Å². The standard InChI is InChI=1S/C20H19N5O3/c26-19(20(27)24-15-2-1-13-12-22-25-18(13)11-15)23-14-3-5-16(6-4-14)28-17-7-9-21-10-8-17/h3-10,12,15H,1-2,11H2,(H,22,25)(H,23,26)(H,24,27). The van der Waals surface area contributed by atoms with Gasteiger partial charge in [0.05, 0.1) is 6.20 Å². The third-order valence-electron chi connectivity index (χ3n) is 4.56. The Morgan fingerprint density at radius 1 is 1.04 bits per heavy atom. The average molecular weight is 377 g/mol. The Kier molecular flexibility index (Phi) is 5.01. The highest BCUT2D eigenvalue weighted by atomic mass is 16.5. The summed E-state index contributed by atoms with van der Waals surface area (Å²) in [5.41, 5.74) is 2.70. The summed E-state index contributed by atoms with van der Waals surface area (Å²) in [5, 5.41) is 12.3. The molecule has 0 saturated carbocycles. The van der Waals surface area contributed by atoms with Gasteiger partial charge in [-0.1, -0.05) is 0 Å². The van der Waals surface area contributed by atoms with Crippen LogP contribution in [-0.4, -0.2) is 33.0 Å². The molecule has 1 aliphatic rings. The van der Waals surface area contributed by atoms with Crippen molar-refractivity contribution < 1.29 is 14.3 Å². The molecule has 0 aliphatic heterocycles. The number of carbonyl (C=O) groups excluding carboxylic acids is 2. The molecule has 0 saturated heterocycles. The summed E-state index contributed by atoms with van der Waals surface area (Å²) in [6.07, 6.45) is 7.35. The molecule has 1 unspecified atom stereocenters. The smallest absolute Gasteiger partial charge is 0.313 e. The van der Waals surface area contributed by atoms with Gasteiger partial charge in [-0.25, -0.2) is 0 Å². The number of H-pyrrole nitrogens is 1. The summed E-state index contributed by atoms with van der Waals surface area (Å²) in [5.74, 6) is -0.0615. The number of hydrogen-bond acceptors (Lipinski definition) is 5. The fourth-order valence-corrected chi connectivity index (χ4v) is 3.12. The van der Waals surface area contributed by atoms with Gasteiger partial charge in [0.25, 0.3) is 0 Å². The first-order valence-electron chi connectivity index (χ1n) is 8.98. The molecule has 2 aromatic heterocycles. The van der Waals surface area contributed by atoms with Crippen molar-refractivity contribution in [1.82, 2.24) is 20.5 Å². The number of aromatic amines is 1. The Morgan fingerprint density at radius 3 is 2.57 bits per heavy atom. The summed E-state index contributed by atoms with van der Waals surface area (Å²) in [4.78, 5) is 28.3. The fraction of sp³-hybridized carbons (Fsp3) is 0.200. The van der Waals surface area contributed by atoms with E-state index >= 15 is 0 Å². The second kappa shape index (κ2) is 7.91. The van der Waals surface area contributed by atoms with Crippen LogP contribution in [-0.2, 0) is 22.4 Å². The second-order valence-corrected chi connectivity index (χ2v) is 6.55. The Labute approximate surface area is 161 Å². The van der Waals surface area contributed by atoms with Crippen molar-refractivity contribution >= 4 is 17.5 Å². The normalized spacial score (nSPS) is 15.4. The van der Waals surface area contributed by atoms with E-state index in [1.165, 1.54) is 5.56 Å². The zero-order valence-electron chi connectivity index (χ0n) is 15.0. The highest BCUT2D eigenvalue weighted by Crippen LogP contribution is 2.22. The molecule has 4 rings (SSSR count). The van der Waals surface area contributed by atoms with Gasteiger partial charge in [0, 0.05) is 36.2 Å². The summed E-state index contributed by atoms with van der Waals surface area (Å²) in [6, 6.07) is 10.2. The third kappa shape index (κ3) is 4.17. The molecule has 1 atom stereocenters. The van der Waals surface area contributed by atoms with E-state index in [2.05, 4.69) is 25.8 Å². The van der Waals surface area contributed by atoms with Crippen molar-refractivity contribution in [2.75, 3.05) is 5.32 Å². The lowest BCUT2D eigenvalue weighted by atomic mass is 9.94. The van der Waals surface area contributed by atoms with Gasteiger partial charge < -0.3 is 15.4 Å². The third-order valence-corrected chi connectivity index (χ3v) is 4.56. The van der Waals surface area contributed by atoms with Crippen LogP contribution in [0.5, 0.6) is 11.5 Å². The number of nitrogens with one attached hydrogen (secondary N) is 3. The number of anilines is 1. The summed E-state index contributed by atoms with van der Waals surface area (Å²) >= 11 is 0. The van der Waals surface area contributed by atoms with Gasteiger partial charge in [-0.05, 0) is 54.8 Å². The first-order valence-corrected chi connectivity index (χ1v) is 8.98. The lowest BCUT2D eigenvalue weighted by Gasteiger charge is -2.22. The molecule has 8 heteroatoms. The Bertz CT molecular complexity index is 969. The van der Waals surface area contributed by atoms with E-state index in [0.717, 1.165) is 18.5 Å². The van der Waals surface area contributed by atoms with Gasteiger partial charge in [0.15, 0.2) is 0 Å². The van der Waals surface area contributed by atoms with Crippen molar-refractivity contribution in [1.29, 1.82) is 0 Å². The molecule has 28 heavy (non-hydrogen) atoms. The molecule has 8 nitrogen and oxygen atoms in total. The molecular formula is C20H19N5O3. The number of hydrogen-bond donors (Lipinski definition) is 3. The van der Waals surface area contributed by atoms with Gasteiger partial charge in [-0.15, -0.1) is 0 Å². The van der Waals surface area contributed by atoms with Crippen LogP contribution in [0.2, 0.25) is 0 Å². The van der Waals surface area contributed by atoms with Crippen LogP contribution in [0.15, 0.2) is 55.0 Å². The number of benzene rings is 1. The van der Waals surface area contributed by atoms with Gasteiger partial charge in [-0.3, -0.25) is 19.7 Å². The first kappa shape index (κ1) is 17.7. The first-order chi connectivity index (χ1) is 13.7. The minimum Gasteiger partial charge on any atom is -0.457 e. The Morgan fingerprint density at radius 2 is 1.79 bits per heavy atom. The van der Waals surface area contributed by atoms with Crippen LogP contribution < -0.4 is 15.4 Å². The minimum atomic E-state index is -0.696. The monoisotopic (exact) mass is 377 g/mol. The van der Waals surface area contributed by atoms with E-state index in [-0.39, 0.29) is 6.04 Å². The number of carbonyl (C=O) groups is 2. The maximum absolute atomic E-state index is 12.2. The van der Waals surface area contributed by atoms with Crippen LogP contribution in [0.4, 0.5) is 5.69 Å². The molecule has 2 heterocycles. The van der Waals surface area contributed by atoms with E-state index < -0.39 is 11.8 Å². The predicted octanol–water partition coefficient (Wildman–Crippen LogP) is 2.21. The largest absolute Gasteiger partial charge is 0.457 e. The molecule has 3 N–H and O–H groups in total. The Hall–Kier alpha value is -3.68. The number of fused-ring (bicyclic) bond motifs is 1. The number of aromatic nitrogens is 3. The van der Waals surface area contributed by atoms with E-state index in [1.54, 1.807) is 48.8 Å². The average Bonchev–Trinajstić information content (AvgIpc) is 3.18. The van der Waals surface area contributed by atoms with E-state index in [1.807, 2.05) is 6.20 Å². The zero-order chi connectivity index (χ0) is 19.3. The number of pyridine rings is 1. The summed E-state index contributed by atoms with van der Waals surface area (Å²) in [6.45, 7) is 0. The highest BCUT2D eigenvalue weighted by molar-refractivity contribution is 6.39. The predicted molar refractivity (Wildman–Crippen MR) is 102 cm³/mol. The molecule has 3 aromatic rings. The van der Waals surface area contributed by atoms with Crippen LogP contribution >= 0.6 is 0 Å². The number of amides is 2. The second-order valence-electron chi connectivity index (χ2n) is 6.55. The van der Waals surface area contributed by atoms with E-state index in [0.29, 0.717) is 23.6 Å². The van der Waals surface area contributed by atoms with Crippen molar-refractivity contribution in [3.8, 4) is 11.5 Å². The maximum Gasteiger partial charge on any atom is 0.313 e. The van der Waals surface area contributed by atoms with Crippen molar-refractivity contribution in [2.45, 2.75) is 25.3 Å². The molecule has 0 spiro atoms. The van der Waals surface area contributed by atoms with Gasteiger partial charge in [0.2, 0.25) is 0 Å². The molecular weight excluding hydrogens is 358 g/mol. The zero-order valence-corrected chi connectivity index (χ0v) is 15.0. The number of nitrogens with zero attached hydrogens (tertiary/aromatic N) is 2. The van der Waals surface area contributed by atoms with Crippen LogP contribution in [0.3, 0.4) is 0 Å². The Balaban J connectivity index is 1.30. The molecule has 1 aromatic carbocycles. The molecule has 0 radical (unpaired) electrons. The van der Waals surface area contributed by atoms with E-state index in [4.69, 9.17) is 4.74 Å². The van der Waals surface area contributed by atoms with Crippen molar-refractivity contribution in [3.63, 3.8) is 0 Å². The number of aryl methyl sites for hydroxylation is 1. The molecule has 2 amide bonds. The summed E-state index contributed by atoms with van der Waals surface area (Å²) in [7, 11) is 0. The SMILES string of the molecule is O=C(Nc1ccc(Oc2ccncc2)cc1)C(=O)NC1CCc2cn[nH]c2C1. The lowest BCUT2D eigenvalue weighted by molar-refractivity contribution is -0.136. The molecule has 1 aliphatic carbocycles. The van der Waals surface area contributed by atoms with Crippen LogP contribution in [0, 0.1) is 0 Å². The number of rotatable bonds is 4.